The number of hydrogen-bond donors (Lipinski definition) is 2. The molecule has 0 spiro atoms. The van der Waals surface area contributed by atoms with Crippen molar-refractivity contribution in [2.75, 3.05) is 17.2 Å². The monoisotopic (exact) mass is 369 g/mol. The lowest BCUT2D eigenvalue weighted by molar-refractivity contribution is -0.145. The molecular weight excluding hydrogens is 351 g/mol. The highest BCUT2D eigenvalue weighted by atomic mass is 19.4. The van der Waals surface area contributed by atoms with Crippen LogP contribution in [0.5, 0.6) is 5.75 Å². The number of nitrogens with zero attached hydrogens (tertiary/aromatic N) is 3. The summed E-state index contributed by atoms with van der Waals surface area (Å²) in [6, 6.07) is 8.66. The maximum atomic E-state index is 13.0. The summed E-state index contributed by atoms with van der Waals surface area (Å²) in [5, 5.41) is 4.92. The third-order valence-corrected chi connectivity index (χ3v) is 3.20. The van der Waals surface area contributed by atoms with Crippen LogP contribution in [0.25, 0.3) is 0 Å². The third kappa shape index (κ3) is 5.87. The molecular formula is C16H18F3N5O2. The molecule has 0 saturated heterocycles. The van der Waals surface area contributed by atoms with Gasteiger partial charge in [0.25, 0.3) is 0 Å². The summed E-state index contributed by atoms with van der Waals surface area (Å²) in [5.74, 6) is -2.11. The minimum absolute atomic E-state index is 0.197. The molecule has 2 rings (SSSR count). The molecule has 140 valence electrons. The maximum absolute atomic E-state index is 13.0. The lowest BCUT2D eigenvalue weighted by Crippen LogP contribution is -2.28. The van der Waals surface area contributed by atoms with Gasteiger partial charge in [0.1, 0.15) is 12.4 Å². The standard InChI is InChI=1S/C16H18F3N5O2/c1-3-11(9-26-12-7-5-4-6-8-12)21-15-23-13(16(17,18)19)22-14(24-15)20-10(2)25/h4-8,11H,3,9H2,1-2H3,(H2,20,21,22,23,24,25). The summed E-state index contributed by atoms with van der Waals surface area (Å²) >= 11 is 0. The number of carbonyl (C=O) groups is 1. The Kier molecular flexibility index (Phi) is 6.31. The molecule has 1 atom stereocenters. The molecule has 0 bridgehead atoms. The molecule has 10 heteroatoms. The Bertz CT molecular complexity index is 740. The average molecular weight is 369 g/mol. The van der Waals surface area contributed by atoms with Crippen LogP contribution in [-0.2, 0) is 11.0 Å². The Morgan fingerprint density at radius 2 is 1.81 bits per heavy atom. The molecule has 1 heterocycles. The molecule has 1 aromatic heterocycles. The van der Waals surface area contributed by atoms with E-state index in [9.17, 15) is 18.0 Å². The number of ether oxygens (including phenoxy) is 1. The van der Waals surface area contributed by atoms with Crippen LogP contribution in [0.15, 0.2) is 30.3 Å². The summed E-state index contributed by atoms with van der Waals surface area (Å²) in [7, 11) is 0. The van der Waals surface area contributed by atoms with Crippen molar-refractivity contribution in [2.24, 2.45) is 0 Å². The second-order valence-electron chi connectivity index (χ2n) is 5.36. The van der Waals surface area contributed by atoms with Gasteiger partial charge in [-0.3, -0.25) is 10.1 Å². The smallest absolute Gasteiger partial charge is 0.451 e. The number of hydrogen-bond acceptors (Lipinski definition) is 6. The number of anilines is 2. The molecule has 0 aliphatic heterocycles. The number of amides is 1. The van der Waals surface area contributed by atoms with E-state index >= 15 is 0 Å². The number of para-hydroxylation sites is 1. The fourth-order valence-corrected chi connectivity index (χ4v) is 1.94. The first-order valence-corrected chi connectivity index (χ1v) is 7.83. The van der Waals surface area contributed by atoms with Gasteiger partial charge in [-0.15, -0.1) is 0 Å². The van der Waals surface area contributed by atoms with Crippen LogP contribution in [-0.4, -0.2) is 33.5 Å². The first-order valence-electron chi connectivity index (χ1n) is 7.83. The van der Waals surface area contributed by atoms with Crippen LogP contribution in [0.3, 0.4) is 0 Å². The van der Waals surface area contributed by atoms with E-state index in [4.69, 9.17) is 4.74 Å². The molecule has 0 aliphatic rings. The number of carbonyl (C=O) groups excluding carboxylic acids is 1. The van der Waals surface area contributed by atoms with E-state index in [1.807, 2.05) is 25.1 Å². The predicted molar refractivity (Wildman–Crippen MR) is 88.8 cm³/mol. The summed E-state index contributed by atoms with van der Waals surface area (Å²) in [4.78, 5) is 21.5. The largest absolute Gasteiger partial charge is 0.491 e. The van der Waals surface area contributed by atoms with Crippen molar-refractivity contribution in [3.05, 3.63) is 36.2 Å². The maximum Gasteiger partial charge on any atom is 0.451 e. The van der Waals surface area contributed by atoms with E-state index in [2.05, 4.69) is 25.6 Å². The SMILES string of the molecule is CCC(COc1ccccc1)Nc1nc(NC(C)=O)nc(C(F)(F)F)n1. The molecule has 2 aromatic rings. The number of nitrogens with one attached hydrogen (secondary N) is 2. The Hall–Kier alpha value is -2.91. The Morgan fingerprint density at radius 3 is 2.38 bits per heavy atom. The Balaban J connectivity index is 2.15. The van der Waals surface area contributed by atoms with Gasteiger partial charge in [0.05, 0.1) is 6.04 Å². The fraction of sp³-hybridized carbons (Fsp3) is 0.375. The van der Waals surface area contributed by atoms with Crippen molar-refractivity contribution >= 4 is 17.8 Å². The number of rotatable bonds is 7. The second-order valence-corrected chi connectivity index (χ2v) is 5.36. The Labute approximate surface area is 148 Å². The molecule has 7 nitrogen and oxygen atoms in total. The van der Waals surface area contributed by atoms with E-state index in [0.29, 0.717) is 12.2 Å². The third-order valence-electron chi connectivity index (χ3n) is 3.20. The van der Waals surface area contributed by atoms with Crippen LogP contribution in [0.4, 0.5) is 25.1 Å². The van der Waals surface area contributed by atoms with E-state index in [0.717, 1.165) is 6.92 Å². The van der Waals surface area contributed by atoms with Gasteiger partial charge in [-0.2, -0.15) is 28.1 Å². The van der Waals surface area contributed by atoms with Gasteiger partial charge in [-0.25, -0.2) is 0 Å². The van der Waals surface area contributed by atoms with E-state index in [1.165, 1.54) is 0 Å². The van der Waals surface area contributed by atoms with Crippen molar-refractivity contribution in [3.8, 4) is 5.75 Å². The van der Waals surface area contributed by atoms with Crippen LogP contribution >= 0.6 is 0 Å². The average Bonchev–Trinajstić information content (AvgIpc) is 2.58. The summed E-state index contributed by atoms with van der Waals surface area (Å²) < 4.78 is 44.5. The molecule has 26 heavy (non-hydrogen) atoms. The highest BCUT2D eigenvalue weighted by Gasteiger charge is 2.36. The van der Waals surface area contributed by atoms with Crippen LogP contribution in [0, 0.1) is 0 Å². The first-order chi connectivity index (χ1) is 12.3. The van der Waals surface area contributed by atoms with Crippen molar-refractivity contribution in [3.63, 3.8) is 0 Å². The molecule has 1 aromatic carbocycles. The van der Waals surface area contributed by atoms with Crippen molar-refractivity contribution < 1.29 is 22.7 Å². The van der Waals surface area contributed by atoms with Crippen LogP contribution in [0.2, 0.25) is 0 Å². The van der Waals surface area contributed by atoms with E-state index in [-0.39, 0.29) is 18.6 Å². The van der Waals surface area contributed by atoms with Crippen LogP contribution < -0.4 is 15.4 Å². The lowest BCUT2D eigenvalue weighted by atomic mass is 10.2. The highest BCUT2D eigenvalue weighted by Crippen LogP contribution is 2.27. The molecule has 0 saturated carbocycles. The second kappa shape index (κ2) is 8.45. The number of alkyl halides is 3. The zero-order valence-corrected chi connectivity index (χ0v) is 14.2. The number of benzene rings is 1. The van der Waals surface area contributed by atoms with Gasteiger partial charge >= 0.3 is 6.18 Å². The predicted octanol–water partition coefficient (Wildman–Crippen LogP) is 3.12. The summed E-state index contributed by atoms with van der Waals surface area (Å²) in [6.07, 6.45) is -4.22. The topological polar surface area (TPSA) is 89.0 Å². The van der Waals surface area contributed by atoms with Crippen molar-refractivity contribution in [2.45, 2.75) is 32.5 Å². The van der Waals surface area contributed by atoms with Gasteiger partial charge in [0.2, 0.25) is 23.6 Å². The van der Waals surface area contributed by atoms with E-state index < -0.39 is 23.9 Å². The molecule has 0 fully saturated rings. The zero-order chi connectivity index (χ0) is 19.2. The molecule has 0 radical (unpaired) electrons. The number of halogens is 3. The minimum Gasteiger partial charge on any atom is -0.491 e. The van der Waals surface area contributed by atoms with Crippen molar-refractivity contribution in [1.29, 1.82) is 0 Å². The minimum atomic E-state index is -4.77. The quantitative estimate of drug-likeness (QED) is 0.780. The van der Waals surface area contributed by atoms with Gasteiger partial charge in [0, 0.05) is 6.92 Å². The molecule has 0 aliphatic carbocycles. The summed E-state index contributed by atoms with van der Waals surface area (Å²) in [6.45, 7) is 3.18. The fourth-order valence-electron chi connectivity index (χ4n) is 1.94. The highest BCUT2D eigenvalue weighted by molar-refractivity contribution is 5.86. The summed E-state index contributed by atoms with van der Waals surface area (Å²) in [5.41, 5.74) is 0. The van der Waals surface area contributed by atoms with E-state index in [1.54, 1.807) is 12.1 Å². The Morgan fingerprint density at radius 1 is 1.15 bits per heavy atom. The van der Waals surface area contributed by atoms with Gasteiger partial charge in [-0.1, -0.05) is 25.1 Å². The normalized spacial score (nSPS) is 12.3. The lowest BCUT2D eigenvalue weighted by Gasteiger charge is -2.18. The van der Waals surface area contributed by atoms with Gasteiger partial charge in [-0.05, 0) is 18.6 Å². The van der Waals surface area contributed by atoms with Gasteiger partial charge < -0.3 is 10.1 Å². The zero-order valence-electron chi connectivity index (χ0n) is 14.2. The molecule has 2 N–H and O–H groups in total. The molecule has 1 unspecified atom stereocenters. The number of aromatic nitrogens is 3. The van der Waals surface area contributed by atoms with Gasteiger partial charge in [0.15, 0.2) is 0 Å². The van der Waals surface area contributed by atoms with Crippen molar-refractivity contribution in [1.82, 2.24) is 15.0 Å². The molecule has 1 amide bonds. The first kappa shape index (κ1) is 19.4. The van der Waals surface area contributed by atoms with Crippen LogP contribution in [0.1, 0.15) is 26.1 Å².